The number of hydrogen-bond acceptors (Lipinski definition) is 4. The Hall–Kier alpha value is -1.69. The Morgan fingerprint density at radius 2 is 1.96 bits per heavy atom. The first kappa shape index (κ1) is 18.1. The first-order valence-corrected chi connectivity index (χ1v) is 9.37. The van der Waals surface area contributed by atoms with Crippen molar-refractivity contribution in [2.24, 2.45) is 0 Å². The number of nitrogens with zero attached hydrogens (tertiary/aromatic N) is 3. The number of aliphatic hydroxyl groups excluding tert-OH is 1. The highest BCUT2D eigenvalue weighted by molar-refractivity contribution is 5.36. The summed E-state index contributed by atoms with van der Waals surface area (Å²) in [5.41, 5.74) is 2.46. The molecule has 0 saturated carbocycles. The molecule has 2 aromatic rings. The van der Waals surface area contributed by atoms with Crippen LogP contribution in [0.2, 0.25) is 0 Å². The molecule has 0 aliphatic carbocycles. The number of rotatable bonds is 7. The topological polar surface area (TPSA) is 53.3 Å². The Morgan fingerprint density at radius 1 is 1.24 bits per heavy atom. The van der Waals surface area contributed by atoms with Gasteiger partial charge >= 0.3 is 0 Å². The Balaban J connectivity index is 1.42. The zero-order valence-corrected chi connectivity index (χ0v) is 15.4. The minimum absolute atomic E-state index is 0.0801. The molecular weight excluding hydrogens is 312 g/mol. The third kappa shape index (κ3) is 4.91. The second kappa shape index (κ2) is 8.61. The van der Waals surface area contributed by atoms with Crippen LogP contribution in [0.1, 0.15) is 43.6 Å². The third-order valence-corrected chi connectivity index (χ3v) is 5.16. The van der Waals surface area contributed by atoms with Crippen molar-refractivity contribution in [2.75, 3.05) is 26.2 Å². The molecule has 2 heterocycles. The van der Waals surface area contributed by atoms with Gasteiger partial charge in [0.1, 0.15) is 5.82 Å². The molecule has 1 fully saturated rings. The molecule has 1 aliphatic heterocycles. The minimum Gasteiger partial charge on any atom is -0.393 e. The van der Waals surface area contributed by atoms with E-state index < -0.39 is 0 Å². The summed E-state index contributed by atoms with van der Waals surface area (Å²) in [4.78, 5) is 6.74. The average Bonchev–Trinajstić information content (AvgIpc) is 3.06. The van der Waals surface area contributed by atoms with Crippen LogP contribution < -0.4 is 5.32 Å². The van der Waals surface area contributed by atoms with E-state index in [-0.39, 0.29) is 6.10 Å². The van der Waals surface area contributed by atoms with Crippen LogP contribution in [-0.4, -0.2) is 51.8 Å². The molecule has 1 saturated heterocycles. The van der Waals surface area contributed by atoms with Crippen molar-refractivity contribution in [1.29, 1.82) is 0 Å². The molecule has 25 heavy (non-hydrogen) atoms. The number of imidazole rings is 1. The van der Waals surface area contributed by atoms with Crippen LogP contribution in [-0.2, 0) is 0 Å². The lowest BCUT2D eigenvalue weighted by Crippen LogP contribution is -2.37. The standard InChI is InChI=1S/C20H30N4O/c1-16(21-10-3-12-23-13-8-20(25)9-14-23)18-4-6-19(7-5-18)24-15-11-22-17(24)2/h4-7,11,15-16,20-21,25H,3,8-10,12-14H2,1-2H3. The van der Waals surface area contributed by atoms with E-state index in [0.717, 1.165) is 57.0 Å². The van der Waals surface area contributed by atoms with Crippen LogP contribution in [0.5, 0.6) is 0 Å². The maximum absolute atomic E-state index is 9.55. The van der Waals surface area contributed by atoms with Crippen LogP contribution in [0.4, 0.5) is 0 Å². The fraction of sp³-hybridized carbons (Fsp3) is 0.550. The summed E-state index contributed by atoms with van der Waals surface area (Å²) in [7, 11) is 0. The summed E-state index contributed by atoms with van der Waals surface area (Å²) in [5.74, 6) is 1.00. The van der Waals surface area contributed by atoms with Gasteiger partial charge in [-0.25, -0.2) is 4.98 Å². The van der Waals surface area contributed by atoms with Crippen LogP contribution in [0, 0.1) is 6.92 Å². The SMILES string of the molecule is Cc1nccn1-c1ccc(C(C)NCCCN2CCC(O)CC2)cc1. The zero-order chi connectivity index (χ0) is 17.6. The van der Waals surface area contributed by atoms with Crippen LogP contribution in [0.25, 0.3) is 5.69 Å². The minimum atomic E-state index is -0.0801. The fourth-order valence-electron chi connectivity index (χ4n) is 3.46. The lowest BCUT2D eigenvalue weighted by Gasteiger charge is -2.29. The molecule has 0 amide bonds. The summed E-state index contributed by atoms with van der Waals surface area (Å²) in [6.45, 7) is 8.43. The van der Waals surface area contributed by atoms with E-state index in [4.69, 9.17) is 0 Å². The lowest BCUT2D eigenvalue weighted by molar-refractivity contribution is 0.0820. The van der Waals surface area contributed by atoms with Crippen LogP contribution in [0.3, 0.4) is 0 Å². The number of aromatic nitrogens is 2. The first-order valence-electron chi connectivity index (χ1n) is 9.37. The zero-order valence-electron chi connectivity index (χ0n) is 15.4. The highest BCUT2D eigenvalue weighted by Gasteiger charge is 2.16. The predicted molar refractivity (Wildman–Crippen MR) is 101 cm³/mol. The lowest BCUT2D eigenvalue weighted by atomic mass is 10.1. The molecular formula is C20H30N4O. The van der Waals surface area contributed by atoms with Crippen LogP contribution in [0.15, 0.2) is 36.7 Å². The van der Waals surface area contributed by atoms with Crippen molar-refractivity contribution in [1.82, 2.24) is 19.8 Å². The molecule has 0 spiro atoms. The number of aryl methyl sites for hydroxylation is 1. The van der Waals surface area contributed by atoms with Crippen molar-refractivity contribution in [2.45, 2.75) is 45.3 Å². The first-order chi connectivity index (χ1) is 12.1. The van der Waals surface area contributed by atoms with Gasteiger partial charge in [-0.1, -0.05) is 12.1 Å². The van der Waals surface area contributed by atoms with Crippen molar-refractivity contribution < 1.29 is 5.11 Å². The molecule has 1 aromatic carbocycles. The van der Waals surface area contributed by atoms with Gasteiger partial charge in [0.2, 0.25) is 0 Å². The Morgan fingerprint density at radius 3 is 2.60 bits per heavy atom. The van der Waals surface area contributed by atoms with Gasteiger partial charge in [0, 0.05) is 37.2 Å². The smallest absolute Gasteiger partial charge is 0.110 e. The largest absolute Gasteiger partial charge is 0.393 e. The quantitative estimate of drug-likeness (QED) is 0.760. The normalized spacial score (nSPS) is 17.7. The van der Waals surface area contributed by atoms with E-state index >= 15 is 0 Å². The average molecular weight is 342 g/mol. The monoisotopic (exact) mass is 342 g/mol. The molecule has 1 unspecified atom stereocenters. The van der Waals surface area contributed by atoms with Crippen molar-refractivity contribution in [3.8, 4) is 5.69 Å². The van der Waals surface area contributed by atoms with Gasteiger partial charge < -0.3 is 19.9 Å². The van der Waals surface area contributed by atoms with Gasteiger partial charge in [-0.05, 0) is 63.9 Å². The van der Waals surface area contributed by atoms with Gasteiger partial charge in [0.15, 0.2) is 0 Å². The van der Waals surface area contributed by atoms with E-state index in [2.05, 4.69) is 51.0 Å². The molecule has 1 atom stereocenters. The molecule has 0 bridgehead atoms. The second-order valence-corrected chi connectivity index (χ2v) is 7.04. The number of likely N-dealkylation sites (tertiary alicyclic amines) is 1. The number of benzene rings is 1. The summed E-state index contributed by atoms with van der Waals surface area (Å²) in [5, 5.41) is 13.2. The van der Waals surface area contributed by atoms with Gasteiger partial charge in [-0.2, -0.15) is 0 Å². The maximum atomic E-state index is 9.55. The molecule has 5 heteroatoms. The Bertz CT molecular complexity index is 644. The maximum Gasteiger partial charge on any atom is 0.110 e. The van der Waals surface area contributed by atoms with E-state index in [1.807, 2.05) is 19.3 Å². The van der Waals surface area contributed by atoms with Gasteiger partial charge in [-0.15, -0.1) is 0 Å². The number of hydrogen-bond donors (Lipinski definition) is 2. The molecule has 136 valence electrons. The van der Waals surface area contributed by atoms with Gasteiger partial charge in [0.25, 0.3) is 0 Å². The molecule has 3 rings (SSSR count). The summed E-state index contributed by atoms with van der Waals surface area (Å²) in [6.07, 6.45) is 6.73. The summed E-state index contributed by atoms with van der Waals surface area (Å²) in [6, 6.07) is 9.04. The van der Waals surface area contributed by atoms with E-state index in [0.29, 0.717) is 6.04 Å². The fourth-order valence-corrected chi connectivity index (χ4v) is 3.46. The molecule has 0 radical (unpaired) electrons. The van der Waals surface area contributed by atoms with Crippen molar-refractivity contribution in [3.05, 3.63) is 48.0 Å². The second-order valence-electron chi connectivity index (χ2n) is 7.04. The third-order valence-electron chi connectivity index (χ3n) is 5.16. The summed E-state index contributed by atoms with van der Waals surface area (Å²) >= 11 is 0. The number of aliphatic hydroxyl groups is 1. The Labute approximate surface area is 150 Å². The van der Waals surface area contributed by atoms with E-state index in [1.165, 1.54) is 5.56 Å². The molecule has 1 aromatic heterocycles. The highest BCUT2D eigenvalue weighted by Crippen LogP contribution is 2.17. The van der Waals surface area contributed by atoms with Crippen molar-refractivity contribution >= 4 is 0 Å². The van der Waals surface area contributed by atoms with E-state index in [9.17, 15) is 5.11 Å². The van der Waals surface area contributed by atoms with E-state index in [1.54, 1.807) is 0 Å². The molecule has 5 nitrogen and oxygen atoms in total. The van der Waals surface area contributed by atoms with Gasteiger partial charge in [0.05, 0.1) is 6.10 Å². The molecule has 2 N–H and O–H groups in total. The van der Waals surface area contributed by atoms with Crippen LogP contribution >= 0.6 is 0 Å². The number of nitrogens with one attached hydrogen (secondary N) is 1. The molecule has 1 aliphatic rings. The number of piperidine rings is 1. The summed E-state index contributed by atoms with van der Waals surface area (Å²) < 4.78 is 2.09. The Kier molecular flexibility index (Phi) is 6.24. The van der Waals surface area contributed by atoms with Crippen molar-refractivity contribution in [3.63, 3.8) is 0 Å². The van der Waals surface area contributed by atoms with Gasteiger partial charge in [-0.3, -0.25) is 0 Å². The predicted octanol–water partition coefficient (Wildman–Crippen LogP) is 2.68. The highest BCUT2D eigenvalue weighted by atomic mass is 16.3.